The summed E-state index contributed by atoms with van der Waals surface area (Å²) < 4.78 is 0. The molecule has 12 nitrogen and oxygen atoms in total. The summed E-state index contributed by atoms with van der Waals surface area (Å²) in [7, 11) is 0. The Morgan fingerprint density at radius 1 is 0.600 bits per heavy atom. The summed E-state index contributed by atoms with van der Waals surface area (Å²) in [5, 5.41) is 4.56. The Balaban J connectivity index is -0.000000112. The Labute approximate surface area is 162 Å². The van der Waals surface area contributed by atoms with E-state index in [1.54, 1.807) is 0 Å². The summed E-state index contributed by atoms with van der Waals surface area (Å²) in [5.74, 6) is 0. The van der Waals surface area contributed by atoms with E-state index < -0.39 is 0 Å². The fourth-order valence-electron chi connectivity index (χ4n) is 1.62. The SMILES string of the molecule is CCN(CC)CC[N-]CCN(CC)CC.[N-]=[N+]=[N-].[N-]=[N+]=[N-].[N-]=[N+]=[N-].[Rh]. The maximum absolute atomic E-state index is 6.75. The number of hydrogen-bond donors (Lipinski definition) is 0. The first kappa shape index (κ1) is 34.7. The van der Waals surface area contributed by atoms with E-state index in [9.17, 15) is 0 Å². The normalized spacial score (nSPS) is 7.92. The van der Waals surface area contributed by atoms with Gasteiger partial charge in [-0.15, -0.1) is 13.1 Å². The largest absolute Gasteiger partial charge is 0.660 e. The molecule has 0 spiro atoms. The molecule has 0 fully saturated rings. The summed E-state index contributed by atoms with van der Waals surface area (Å²) >= 11 is 0. The third-order valence-electron chi connectivity index (χ3n) is 2.94. The molecule has 0 N–H and O–H groups in total. The van der Waals surface area contributed by atoms with Crippen LogP contribution in [0.25, 0.3) is 53.2 Å². The molecule has 0 saturated heterocycles. The fourth-order valence-corrected chi connectivity index (χ4v) is 1.62. The van der Waals surface area contributed by atoms with E-state index in [4.69, 9.17) is 33.2 Å². The van der Waals surface area contributed by atoms with Gasteiger partial charge in [-0.1, -0.05) is 27.7 Å². The second-order valence-corrected chi connectivity index (χ2v) is 3.99. The Morgan fingerprint density at radius 2 is 0.800 bits per heavy atom. The smallest absolute Gasteiger partial charge is 0 e. The zero-order chi connectivity index (χ0) is 19.6. The number of likely N-dealkylation sites (N-methyl/N-ethyl adjacent to an activating group) is 2. The van der Waals surface area contributed by atoms with E-state index in [0.717, 1.165) is 52.4 Å². The molecule has 0 aliphatic rings. The van der Waals surface area contributed by atoms with Crippen LogP contribution in [0.5, 0.6) is 0 Å². The van der Waals surface area contributed by atoms with Crippen LogP contribution >= 0.6 is 0 Å². The molecule has 0 aromatic rings. The van der Waals surface area contributed by atoms with Crippen LogP contribution in [-0.4, -0.2) is 62.2 Å². The second kappa shape index (κ2) is 38.2. The van der Waals surface area contributed by atoms with Crippen molar-refractivity contribution in [1.29, 1.82) is 0 Å². The van der Waals surface area contributed by atoms with Gasteiger partial charge in [-0.2, -0.15) is 0 Å². The molecule has 0 aromatic heterocycles. The summed E-state index contributed by atoms with van der Waals surface area (Å²) in [4.78, 5) is 9.34. The zero-order valence-electron chi connectivity index (χ0n) is 15.4. The van der Waals surface area contributed by atoms with Gasteiger partial charge in [-0.05, 0) is 39.3 Å². The van der Waals surface area contributed by atoms with Crippen molar-refractivity contribution in [3.63, 3.8) is 0 Å². The van der Waals surface area contributed by atoms with Gasteiger partial charge in [-0.3, -0.25) is 14.7 Å². The third-order valence-corrected chi connectivity index (χ3v) is 2.94. The van der Waals surface area contributed by atoms with Crippen molar-refractivity contribution >= 4 is 0 Å². The van der Waals surface area contributed by atoms with Crippen molar-refractivity contribution in [1.82, 2.24) is 9.80 Å². The molecule has 149 valence electrons. The van der Waals surface area contributed by atoms with E-state index in [2.05, 4.69) is 42.8 Å². The van der Waals surface area contributed by atoms with Crippen LogP contribution in [0.2, 0.25) is 0 Å². The third kappa shape index (κ3) is 45.0. The predicted octanol–water partition coefficient (Wildman–Crippen LogP) is 4.64. The second-order valence-electron chi connectivity index (χ2n) is 3.99. The molecule has 0 saturated carbocycles. The van der Waals surface area contributed by atoms with Crippen LogP contribution in [0.15, 0.2) is 0 Å². The van der Waals surface area contributed by atoms with Gasteiger partial charge in [0.15, 0.2) is 0 Å². The van der Waals surface area contributed by atoms with Crippen LogP contribution in [0.4, 0.5) is 0 Å². The summed E-state index contributed by atoms with van der Waals surface area (Å²) in [5.41, 5.74) is 40.5. The average Bonchev–Trinajstić information content (AvgIpc) is 2.57. The first-order chi connectivity index (χ1) is 11.5. The number of rotatable bonds is 10. The predicted molar refractivity (Wildman–Crippen MR) is 98.9 cm³/mol. The first-order valence-corrected chi connectivity index (χ1v) is 7.56. The van der Waals surface area contributed by atoms with Crippen molar-refractivity contribution in [2.24, 2.45) is 0 Å². The van der Waals surface area contributed by atoms with E-state index in [-0.39, 0.29) is 19.5 Å². The molecule has 0 aliphatic heterocycles. The van der Waals surface area contributed by atoms with Gasteiger partial charge >= 0.3 is 0 Å². The zero-order valence-corrected chi connectivity index (χ0v) is 17.0. The van der Waals surface area contributed by atoms with Gasteiger partial charge in [0.05, 0.1) is 0 Å². The Morgan fingerprint density at radius 3 is 0.960 bits per heavy atom. The van der Waals surface area contributed by atoms with E-state index in [0.29, 0.717) is 0 Å². The number of nitrogens with zero attached hydrogens (tertiary/aromatic N) is 12. The minimum Gasteiger partial charge on any atom is -0.660 e. The standard InChI is InChI=1S/C12H28N3.3N3.Rh/c1-5-14(6-2)11-9-13-10-12-15(7-3)8-4;3*1-3-2;/h5-12H2,1-4H3;;;;/q4*-1;. The van der Waals surface area contributed by atoms with Crippen molar-refractivity contribution in [2.45, 2.75) is 27.7 Å². The quantitative estimate of drug-likeness (QED) is 0.156. The molecule has 0 bridgehead atoms. The fraction of sp³-hybridized carbons (Fsp3) is 1.00. The molecule has 0 amide bonds. The summed E-state index contributed by atoms with van der Waals surface area (Å²) in [6, 6.07) is 0. The summed E-state index contributed by atoms with van der Waals surface area (Å²) in [6.07, 6.45) is 0. The molecular formula is C12H28N12Rh-4. The first-order valence-electron chi connectivity index (χ1n) is 7.56. The Bertz CT molecular complexity index is 282. The van der Waals surface area contributed by atoms with Crippen molar-refractivity contribution in [3.8, 4) is 0 Å². The topological polar surface area (TPSA) is 197 Å². The van der Waals surface area contributed by atoms with E-state index in [1.807, 2.05) is 0 Å². The van der Waals surface area contributed by atoms with Gasteiger partial charge in [0.2, 0.25) is 0 Å². The molecule has 0 aromatic carbocycles. The molecule has 0 unspecified atom stereocenters. The minimum absolute atomic E-state index is 0. The monoisotopic (exact) mass is 443 g/mol. The number of hydrogen-bond acceptors (Lipinski definition) is 2. The van der Waals surface area contributed by atoms with Gasteiger partial charge in [0.25, 0.3) is 0 Å². The van der Waals surface area contributed by atoms with Crippen LogP contribution in [0, 0.1) is 0 Å². The molecule has 1 radical (unpaired) electrons. The Hall–Kier alpha value is -1.57. The van der Waals surface area contributed by atoms with Crippen molar-refractivity contribution in [3.05, 3.63) is 53.2 Å². The molecule has 0 heterocycles. The van der Waals surface area contributed by atoms with Crippen molar-refractivity contribution in [2.75, 3.05) is 52.4 Å². The molecule has 25 heavy (non-hydrogen) atoms. The van der Waals surface area contributed by atoms with Crippen LogP contribution in [0.3, 0.4) is 0 Å². The summed E-state index contributed by atoms with van der Waals surface area (Å²) in [6.45, 7) is 17.6. The van der Waals surface area contributed by atoms with Gasteiger partial charge < -0.3 is 48.3 Å². The van der Waals surface area contributed by atoms with Crippen LogP contribution in [0.1, 0.15) is 27.7 Å². The van der Waals surface area contributed by atoms with Crippen LogP contribution in [-0.2, 0) is 19.5 Å². The Kier molecular flexibility index (Phi) is 53.0. The molecule has 13 heteroatoms. The molecule has 0 atom stereocenters. The van der Waals surface area contributed by atoms with Crippen molar-refractivity contribution < 1.29 is 19.5 Å². The van der Waals surface area contributed by atoms with E-state index in [1.165, 1.54) is 14.7 Å². The van der Waals surface area contributed by atoms with Gasteiger partial charge in [-0.25, -0.2) is 0 Å². The molecule has 0 aliphatic carbocycles. The van der Waals surface area contributed by atoms with Gasteiger partial charge in [0.1, 0.15) is 0 Å². The van der Waals surface area contributed by atoms with Crippen LogP contribution < -0.4 is 0 Å². The van der Waals surface area contributed by atoms with Gasteiger partial charge in [0, 0.05) is 19.5 Å². The maximum atomic E-state index is 6.75. The molecule has 0 rings (SSSR count). The maximum Gasteiger partial charge on any atom is 0 e. The average molecular weight is 443 g/mol. The minimum atomic E-state index is 0. The molecular weight excluding hydrogens is 415 g/mol. The van der Waals surface area contributed by atoms with E-state index >= 15 is 0 Å².